The molecule has 0 spiro atoms. The van der Waals surface area contributed by atoms with Gasteiger partial charge in [-0.3, -0.25) is 9.78 Å². The Labute approximate surface area is 152 Å². The highest BCUT2D eigenvalue weighted by molar-refractivity contribution is 5.76. The standard InChI is InChI=1S/C20H23FN4O/c21-17-4-2-1-3-14(17)6-8-20(26)25-12-15-5-7-18(16(15)13-25)24-19-11-22-9-10-23-19/h1-4,9-11,15-16,18H,5-8,12-13H2,(H,23,24)/t15-,16+,18-/m1/s1. The maximum absolute atomic E-state index is 13.7. The minimum atomic E-state index is -0.230. The molecule has 6 heteroatoms. The number of hydrogen-bond donors (Lipinski definition) is 1. The molecule has 1 saturated heterocycles. The van der Waals surface area contributed by atoms with Crippen molar-refractivity contribution in [2.24, 2.45) is 11.8 Å². The Morgan fingerprint density at radius 1 is 1.23 bits per heavy atom. The molecule has 3 atom stereocenters. The van der Waals surface area contributed by atoms with E-state index < -0.39 is 0 Å². The minimum Gasteiger partial charge on any atom is -0.366 e. The zero-order chi connectivity index (χ0) is 17.9. The van der Waals surface area contributed by atoms with Gasteiger partial charge in [-0.25, -0.2) is 9.37 Å². The van der Waals surface area contributed by atoms with Gasteiger partial charge < -0.3 is 10.2 Å². The maximum Gasteiger partial charge on any atom is 0.222 e. The zero-order valence-corrected chi connectivity index (χ0v) is 14.6. The highest BCUT2D eigenvalue weighted by Crippen LogP contribution is 2.39. The van der Waals surface area contributed by atoms with Crippen LogP contribution in [-0.2, 0) is 11.2 Å². The molecule has 5 nitrogen and oxygen atoms in total. The molecular formula is C20H23FN4O. The topological polar surface area (TPSA) is 58.1 Å². The zero-order valence-electron chi connectivity index (χ0n) is 14.6. The van der Waals surface area contributed by atoms with Crippen LogP contribution in [0.2, 0.25) is 0 Å². The lowest BCUT2D eigenvalue weighted by Gasteiger charge is -2.22. The second-order valence-corrected chi connectivity index (χ2v) is 7.23. The third-order valence-electron chi connectivity index (χ3n) is 5.67. The normalized spacial score (nSPS) is 24.5. The summed E-state index contributed by atoms with van der Waals surface area (Å²) in [5.41, 5.74) is 0.613. The highest BCUT2D eigenvalue weighted by Gasteiger charge is 2.43. The molecule has 2 aromatic rings. The number of carbonyl (C=O) groups is 1. The molecule has 1 N–H and O–H groups in total. The van der Waals surface area contributed by atoms with Gasteiger partial charge in [0.2, 0.25) is 5.91 Å². The van der Waals surface area contributed by atoms with Crippen molar-refractivity contribution < 1.29 is 9.18 Å². The molecule has 1 amide bonds. The predicted molar refractivity (Wildman–Crippen MR) is 97.0 cm³/mol. The summed E-state index contributed by atoms with van der Waals surface area (Å²) < 4.78 is 13.7. The summed E-state index contributed by atoms with van der Waals surface area (Å²) in [6.45, 7) is 1.60. The third kappa shape index (κ3) is 3.54. The number of halogens is 1. The Bertz CT molecular complexity index is 769. The van der Waals surface area contributed by atoms with Crippen LogP contribution in [0, 0.1) is 17.7 Å². The summed E-state index contributed by atoms with van der Waals surface area (Å²) in [5.74, 6) is 1.69. The molecule has 2 fully saturated rings. The van der Waals surface area contributed by atoms with E-state index in [-0.39, 0.29) is 11.7 Å². The number of carbonyl (C=O) groups excluding carboxylic acids is 1. The largest absolute Gasteiger partial charge is 0.366 e. The number of nitrogens with zero attached hydrogens (tertiary/aromatic N) is 3. The maximum atomic E-state index is 13.7. The van der Waals surface area contributed by atoms with Crippen LogP contribution >= 0.6 is 0 Å². The van der Waals surface area contributed by atoms with Gasteiger partial charge in [0, 0.05) is 43.9 Å². The van der Waals surface area contributed by atoms with E-state index in [1.54, 1.807) is 30.7 Å². The molecule has 1 aromatic heterocycles. The first-order chi connectivity index (χ1) is 12.7. The van der Waals surface area contributed by atoms with Crippen molar-refractivity contribution in [3.8, 4) is 0 Å². The van der Waals surface area contributed by atoms with Crippen LogP contribution in [0.1, 0.15) is 24.8 Å². The van der Waals surface area contributed by atoms with E-state index in [0.717, 1.165) is 31.7 Å². The lowest BCUT2D eigenvalue weighted by Crippen LogP contribution is -2.33. The number of hydrogen-bond acceptors (Lipinski definition) is 4. The highest BCUT2D eigenvalue weighted by atomic mass is 19.1. The molecule has 26 heavy (non-hydrogen) atoms. The van der Waals surface area contributed by atoms with Crippen LogP contribution in [0.15, 0.2) is 42.9 Å². The number of fused-ring (bicyclic) bond motifs is 1. The van der Waals surface area contributed by atoms with Gasteiger partial charge >= 0.3 is 0 Å². The first-order valence-corrected chi connectivity index (χ1v) is 9.24. The summed E-state index contributed by atoms with van der Waals surface area (Å²) in [5, 5.41) is 3.48. The molecular weight excluding hydrogens is 331 g/mol. The summed E-state index contributed by atoms with van der Waals surface area (Å²) in [6, 6.07) is 7.02. The number of amides is 1. The second-order valence-electron chi connectivity index (χ2n) is 7.23. The molecule has 1 aromatic carbocycles. The van der Waals surface area contributed by atoms with Crippen LogP contribution in [0.4, 0.5) is 10.2 Å². The minimum absolute atomic E-state index is 0.126. The van der Waals surface area contributed by atoms with Crippen LogP contribution in [0.25, 0.3) is 0 Å². The number of likely N-dealkylation sites (tertiary alicyclic amines) is 1. The van der Waals surface area contributed by atoms with Gasteiger partial charge in [-0.1, -0.05) is 18.2 Å². The van der Waals surface area contributed by atoms with E-state index in [0.29, 0.717) is 36.3 Å². The molecule has 1 aliphatic carbocycles. The van der Waals surface area contributed by atoms with Gasteiger partial charge in [0.15, 0.2) is 0 Å². The van der Waals surface area contributed by atoms with Crippen molar-refractivity contribution in [2.75, 3.05) is 18.4 Å². The fraction of sp³-hybridized carbons (Fsp3) is 0.450. The Balaban J connectivity index is 1.33. The van der Waals surface area contributed by atoms with Gasteiger partial charge in [-0.2, -0.15) is 0 Å². The van der Waals surface area contributed by atoms with Gasteiger partial charge in [-0.15, -0.1) is 0 Å². The van der Waals surface area contributed by atoms with Crippen molar-refractivity contribution >= 4 is 11.7 Å². The van der Waals surface area contributed by atoms with E-state index in [1.807, 2.05) is 11.0 Å². The lowest BCUT2D eigenvalue weighted by molar-refractivity contribution is -0.130. The Kier molecular flexibility index (Phi) is 4.82. The van der Waals surface area contributed by atoms with Crippen LogP contribution in [0.5, 0.6) is 0 Å². The summed E-state index contributed by atoms with van der Waals surface area (Å²) in [7, 11) is 0. The molecule has 0 unspecified atom stereocenters. The first-order valence-electron chi connectivity index (χ1n) is 9.24. The van der Waals surface area contributed by atoms with Crippen molar-refractivity contribution in [2.45, 2.75) is 31.7 Å². The Morgan fingerprint density at radius 3 is 2.92 bits per heavy atom. The quantitative estimate of drug-likeness (QED) is 0.897. The summed E-state index contributed by atoms with van der Waals surface area (Å²) in [4.78, 5) is 22.9. The van der Waals surface area contributed by atoms with Crippen molar-refractivity contribution in [1.29, 1.82) is 0 Å². The van der Waals surface area contributed by atoms with E-state index >= 15 is 0 Å². The smallest absolute Gasteiger partial charge is 0.222 e. The number of rotatable bonds is 5. The fourth-order valence-corrected chi connectivity index (χ4v) is 4.31. The van der Waals surface area contributed by atoms with Crippen molar-refractivity contribution in [3.05, 3.63) is 54.2 Å². The average Bonchev–Trinajstić information content (AvgIpc) is 3.24. The molecule has 0 bridgehead atoms. The average molecular weight is 354 g/mol. The number of nitrogens with one attached hydrogen (secondary N) is 1. The van der Waals surface area contributed by atoms with Crippen LogP contribution in [0.3, 0.4) is 0 Å². The van der Waals surface area contributed by atoms with Crippen LogP contribution in [-0.4, -0.2) is 39.9 Å². The van der Waals surface area contributed by atoms with Crippen molar-refractivity contribution in [1.82, 2.24) is 14.9 Å². The van der Waals surface area contributed by atoms with E-state index in [2.05, 4.69) is 15.3 Å². The van der Waals surface area contributed by atoms with Crippen LogP contribution < -0.4 is 5.32 Å². The SMILES string of the molecule is O=C(CCc1ccccc1F)N1C[C@H]2CC[C@@H](Nc3cnccn3)[C@H]2C1. The monoisotopic (exact) mass is 354 g/mol. The molecule has 0 radical (unpaired) electrons. The Morgan fingerprint density at radius 2 is 2.12 bits per heavy atom. The van der Waals surface area contributed by atoms with Gasteiger partial charge in [0.25, 0.3) is 0 Å². The molecule has 2 heterocycles. The molecule has 4 rings (SSSR count). The lowest BCUT2D eigenvalue weighted by atomic mass is 9.98. The van der Waals surface area contributed by atoms with Crippen molar-refractivity contribution in [3.63, 3.8) is 0 Å². The van der Waals surface area contributed by atoms with E-state index in [4.69, 9.17) is 0 Å². The first kappa shape index (κ1) is 16.9. The second kappa shape index (κ2) is 7.40. The number of benzene rings is 1. The van der Waals surface area contributed by atoms with Gasteiger partial charge in [0.05, 0.1) is 6.20 Å². The summed E-state index contributed by atoms with van der Waals surface area (Å²) in [6.07, 6.45) is 8.12. The number of anilines is 1. The molecule has 2 aliphatic rings. The van der Waals surface area contributed by atoms with E-state index in [1.165, 1.54) is 6.07 Å². The molecule has 1 saturated carbocycles. The summed E-state index contributed by atoms with van der Waals surface area (Å²) >= 11 is 0. The molecule has 136 valence electrons. The third-order valence-corrected chi connectivity index (χ3v) is 5.67. The van der Waals surface area contributed by atoms with Gasteiger partial charge in [-0.05, 0) is 36.8 Å². The fourth-order valence-electron chi connectivity index (χ4n) is 4.31. The van der Waals surface area contributed by atoms with Gasteiger partial charge in [0.1, 0.15) is 11.6 Å². The molecule has 1 aliphatic heterocycles. The number of aromatic nitrogens is 2. The number of aryl methyl sites for hydroxylation is 1. The van der Waals surface area contributed by atoms with E-state index in [9.17, 15) is 9.18 Å². The predicted octanol–water partition coefficient (Wildman–Crippen LogP) is 2.90. The Hall–Kier alpha value is -2.50.